The van der Waals surface area contributed by atoms with Gasteiger partial charge in [-0.15, -0.1) is 0 Å². The summed E-state index contributed by atoms with van der Waals surface area (Å²) in [5.41, 5.74) is 5.26. The molecule has 2 heterocycles. The number of aliphatic hydroxyl groups is 2. The Morgan fingerprint density at radius 1 is 0.978 bits per heavy atom. The van der Waals surface area contributed by atoms with Crippen LogP contribution in [-0.4, -0.2) is 68.8 Å². The first kappa shape index (κ1) is 33.1. The molecule has 0 saturated carbocycles. The first-order chi connectivity index (χ1) is 21.7. The van der Waals surface area contributed by atoms with Crippen LogP contribution in [0.2, 0.25) is 0 Å². The van der Waals surface area contributed by atoms with E-state index < -0.39 is 23.9 Å². The highest BCUT2D eigenvalue weighted by Crippen LogP contribution is 2.49. The second kappa shape index (κ2) is 14.9. The van der Waals surface area contributed by atoms with Crippen LogP contribution in [0.15, 0.2) is 71.3 Å². The van der Waals surface area contributed by atoms with Crippen LogP contribution >= 0.6 is 0 Å². The maximum atomic E-state index is 14.1. The number of imide groups is 1. The zero-order valence-corrected chi connectivity index (χ0v) is 27.1. The SMILES string of the molecule is CCC/C(=C\c1ccc(O)cc1)CC[C@@H](O)C1=C(C(C)C)C[C@H]2C(=O)N(C3CCN(Cc4ccccc4)CC3)C(=O)[C@H]2[C@H]1CO. The largest absolute Gasteiger partial charge is 0.508 e. The van der Waals surface area contributed by atoms with Crippen LogP contribution in [0.1, 0.15) is 76.8 Å². The molecular weight excluding hydrogens is 564 g/mol. The number of carbonyl (C=O) groups is 2. The van der Waals surface area contributed by atoms with E-state index in [1.807, 2.05) is 30.3 Å². The molecule has 45 heavy (non-hydrogen) atoms. The van der Waals surface area contributed by atoms with Crippen LogP contribution in [0.5, 0.6) is 5.75 Å². The molecule has 7 heteroatoms. The van der Waals surface area contributed by atoms with Crippen molar-refractivity contribution in [2.24, 2.45) is 23.7 Å². The molecule has 4 atom stereocenters. The standard InChI is InChI=1S/C38H50N2O5/c1-4-8-26(21-27-11-14-30(42)15-12-27)13-16-34(43)35-31(25(2)3)22-32-36(33(35)24-41)38(45)40(37(32)44)29-17-19-39(20-18-29)23-28-9-6-5-7-10-28/h5-7,9-12,14-15,21,25,29,32-34,36,41-43H,4,8,13,16-20,22-24H2,1-3H3/b26-21+/t32-,33+,34-,36-/m1/s1. The lowest BCUT2D eigenvalue weighted by atomic mass is 9.66. The Hall–Kier alpha value is -3.26. The van der Waals surface area contributed by atoms with Crippen LogP contribution in [-0.2, 0) is 16.1 Å². The second-order valence-corrected chi connectivity index (χ2v) is 13.5. The van der Waals surface area contributed by atoms with E-state index in [1.54, 1.807) is 17.0 Å². The number of fused-ring (bicyclic) bond motifs is 1. The first-order valence-corrected chi connectivity index (χ1v) is 16.8. The molecule has 242 valence electrons. The fourth-order valence-corrected chi connectivity index (χ4v) is 7.88. The molecule has 0 bridgehead atoms. The van der Waals surface area contributed by atoms with Crippen molar-refractivity contribution in [3.63, 3.8) is 0 Å². The Labute approximate surface area is 268 Å². The van der Waals surface area contributed by atoms with Gasteiger partial charge in [0.1, 0.15) is 5.75 Å². The topological polar surface area (TPSA) is 101 Å². The average molecular weight is 615 g/mol. The van der Waals surface area contributed by atoms with E-state index >= 15 is 0 Å². The van der Waals surface area contributed by atoms with Gasteiger partial charge in [0.05, 0.1) is 24.5 Å². The molecular formula is C38H50N2O5. The van der Waals surface area contributed by atoms with Gasteiger partial charge in [-0.2, -0.15) is 0 Å². The lowest BCUT2D eigenvalue weighted by Crippen LogP contribution is -2.47. The monoisotopic (exact) mass is 614 g/mol. The third kappa shape index (κ3) is 7.43. The molecule has 7 nitrogen and oxygen atoms in total. The van der Waals surface area contributed by atoms with Crippen LogP contribution < -0.4 is 0 Å². The highest BCUT2D eigenvalue weighted by Gasteiger charge is 2.56. The van der Waals surface area contributed by atoms with E-state index in [0.29, 0.717) is 19.3 Å². The number of aliphatic hydroxyl groups excluding tert-OH is 2. The Morgan fingerprint density at radius 2 is 1.67 bits per heavy atom. The molecule has 0 aromatic heterocycles. The maximum absolute atomic E-state index is 14.1. The fourth-order valence-electron chi connectivity index (χ4n) is 7.88. The van der Waals surface area contributed by atoms with Gasteiger partial charge in [0, 0.05) is 31.6 Å². The van der Waals surface area contributed by atoms with Gasteiger partial charge in [0.2, 0.25) is 11.8 Å². The minimum Gasteiger partial charge on any atom is -0.508 e. The number of likely N-dealkylation sites (tertiary alicyclic amines) is 2. The van der Waals surface area contributed by atoms with Crippen LogP contribution in [0.4, 0.5) is 0 Å². The molecule has 3 aliphatic rings. The summed E-state index contributed by atoms with van der Waals surface area (Å²) in [4.78, 5) is 31.9. The average Bonchev–Trinajstić information content (AvgIpc) is 3.29. The Morgan fingerprint density at radius 3 is 2.29 bits per heavy atom. The molecule has 5 rings (SSSR count). The smallest absolute Gasteiger partial charge is 0.234 e. The zero-order chi connectivity index (χ0) is 32.1. The van der Waals surface area contributed by atoms with Gasteiger partial charge < -0.3 is 15.3 Å². The predicted octanol–water partition coefficient (Wildman–Crippen LogP) is 5.95. The molecule has 2 saturated heterocycles. The lowest BCUT2D eigenvalue weighted by molar-refractivity contribution is -0.144. The molecule has 0 radical (unpaired) electrons. The maximum Gasteiger partial charge on any atom is 0.234 e. The van der Waals surface area contributed by atoms with E-state index in [-0.39, 0.29) is 36.1 Å². The number of phenols is 1. The summed E-state index contributed by atoms with van der Waals surface area (Å²) < 4.78 is 0. The van der Waals surface area contributed by atoms with Crippen molar-refractivity contribution >= 4 is 17.9 Å². The quantitative estimate of drug-likeness (QED) is 0.202. The number of aromatic hydroxyl groups is 1. The van der Waals surface area contributed by atoms with Crippen molar-refractivity contribution in [2.45, 2.75) is 84.4 Å². The first-order valence-electron chi connectivity index (χ1n) is 16.8. The number of hydrogen-bond acceptors (Lipinski definition) is 6. The molecule has 2 amide bonds. The normalized spacial score (nSPS) is 24.1. The number of carbonyl (C=O) groups excluding carboxylic acids is 2. The number of phenolic OH excluding ortho intramolecular Hbond substituents is 1. The summed E-state index contributed by atoms with van der Waals surface area (Å²) in [6.45, 7) is 8.53. The molecule has 2 aromatic carbocycles. The van der Waals surface area contributed by atoms with Gasteiger partial charge >= 0.3 is 0 Å². The van der Waals surface area contributed by atoms with Crippen molar-refractivity contribution in [1.29, 1.82) is 0 Å². The third-order valence-corrected chi connectivity index (χ3v) is 10.2. The Kier molecular flexibility index (Phi) is 11.0. The van der Waals surface area contributed by atoms with E-state index in [2.05, 4.69) is 43.9 Å². The minimum absolute atomic E-state index is 0.0884. The minimum atomic E-state index is -0.807. The fraction of sp³-hybridized carbons (Fsp3) is 0.526. The molecule has 2 aliphatic heterocycles. The summed E-state index contributed by atoms with van der Waals surface area (Å²) >= 11 is 0. The summed E-state index contributed by atoms with van der Waals surface area (Å²) in [7, 11) is 0. The highest BCUT2D eigenvalue weighted by atomic mass is 16.3. The van der Waals surface area contributed by atoms with E-state index in [9.17, 15) is 24.9 Å². The molecule has 2 fully saturated rings. The van der Waals surface area contributed by atoms with Gasteiger partial charge in [0.25, 0.3) is 0 Å². The lowest BCUT2D eigenvalue weighted by Gasteiger charge is -2.38. The highest BCUT2D eigenvalue weighted by molar-refractivity contribution is 6.06. The molecule has 3 N–H and O–H groups in total. The van der Waals surface area contributed by atoms with Crippen LogP contribution in [0.3, 0.4) is 0 Å². The number of allylic oxidation sites excluding steroid dienone is 2. The Balaban J connectivity index is 1.30. The van der Waals surface area contributed by atoms with Gasteiger partial charge in [0.15, 0.2) is 0 Å². The third-order valence-electron chi connectivity index (χ3n) is 10.2. The van der Waals surface area contributed by atoms with E-state index in [0.717, 1.165) is 62.0 Å². The van der Waals surface area contributed by atoms with Crippen LogP contribution in [0.25, 0.3) is 6.08 Å². The van der Waals surface area contributed by atoms with Gasteiger partial charge in [-0.3, -0.25) is 19.4 Å². The summed E-state index contributed by atoms with van der Waals surface area (Å²) in [6.07, 6.45) is 6.30. The second-order valence-electron chi connectivity index (χ2n) is 13.5. The van der Waals surface area contributed by atoms with Gasteiger partial charge in [-0.1, -0.05) is 86.9 Å². The van der Waals surface area contributed by atoms with Crippen molar-refractivity contribution < 1.29 is 24.9 Å². The Bertz CT molecular complexity index is 1370. The van der Waals surface area contributed by atoms with Gasteiger partial charge in [-0.25, -0.2) is 0 Å². The number of benzene rings is 2. The predicted molar refractivity (Wildman–Crippen MR) is 177 cm³/mol. The molecule has 1 aliphatic carbocycles. The summed E-state index contributed by atoms with van der Waals surface area (Å²) in [5, 5.41) is 32.1. The number of hydrogen-bond donors (Lipinski definition) is 3. The summed E-state index contributed by atoms with van der Waals surface area (Å²) in [6, 6.07) is 17.3. The van der Waals surface area contributed by atoms with Crippen LogP contribution in [0, 0.1) is 23.7 Å². The summed E-state index contributed by atoms with van der Waals surface area (Å²) in [5.74, 6) is -1.62. The van der Waals surface area contributed by atoms with Gasteiger partial charge in [-0.05, 0) is 73.3 Å². The van der Waals surface area contributed by atoms with E-state index in [1.165, 1.54) is 11.1 Å². The van der Waals surface area contributed by atoms with Crippen molar-refractivity contribution in [3.05, 3.63) is 82.4 Å². The molecule has 2 aromatic rings. The zero-order valence-electron chi connectivity index (χ0n) is 27.1. The van der Waals surface area contributed by atoms with Crippen molar-refractivity contribution in [3.8, 4) is 5.75 Å². The van der Waals surface area contributed by atoms with E-state index in [4.69, 9.17) is 0 Å². The van der Waals surface area contributed by atoms with Crippen molar-refractivity contribution in [2.75, 3.05) is 19.7 Å². The number of nitrogens with zero attached hydrogens (tertiary/aromatic N) is 2. The van der Waals surface area contributed by atoms with Crippen molar-refractivity contribution in [1.82, 2.24) is 9.80 Å². The number of rotatable bonds is 12. The molecule has 0 spiro atoms. The number of piperidine rings is 1. The number of amides is 2. The molecule has 0 unspecified atom stereocenters.